The van der Waals surface area contributed by atoms with Crippen molar-refractivity contribution in [2.45, 2.75) is 109 Å². The first-order chi connectivity index (χ1) is 12.1. The van der Waals surface area contributed by atoms with Crippen LogP contribution in [-0.2, 0) is 32.9 Å². The Labute approximate surface area is 163 Å². The van der Waals surface area contributed by atoms with Gasteiger partial charge in [-0.3, -0.25) is 0 Å². The van der Waals surface area contributed by atoms with E-state index in [9.17, 15) is 4.79 Å². The highest BCUT2D eigenvalue weighted by molar-refractivity contribution is 6.74. The Morgan fingerprint density at radius 1 is 1.07 bits per heavy atom. The van der Waals surface area contributed by atoms with E-state index in [1.807, 2.05) is 13.8 Å². The molecule has 0 radical (unpaired) electrons. The van der Waals surface area contributed by atoms with Crippen LogP contribution in [0.4, 0.5) is 0 Å². The summed E-state index contributed by atoms with van der Waals surface area (Å²) in [6, 6.07) is 0. The zero-order valence-electron chi connectivity index (χ0n) is 18.0. The van der Waals surface area contributed by atoms with Crippen LogP contribution < -0.4 is 0 Å². The lowest BCUT2D eigenvalue weighted by Gasteiger charge is -2.40. The van der Waals surface area contributed by atoms with Gasteiger partial charge in [-0.1, -0.05) is 20.8 Å². The summed E-state index contributed by atoms with van der Waals surface area (Å²) in [6.07, 6.45) is -1.72. The van der Waals surface area contributed by atoms with Crippen molar-refractivity contribution >= 4 is 14.3 Å². The summed E-state index contributed by atoms with van der Waals surface area (Å²) in [4.78, 5) is 12.6. The number of hydrogen-bond acceptors (Lipinski definition) is 7. The summed E-state index contributed by atoms with van der Waals surface area (Å²) in [5.74, 6) is -2.22. The third-order valence-corrected chi connectivity index (χ3v) is 10.4. The highest BCUT2D eigenvalue weighted by atomic mass is 28.4. The topological polar surface area (TPSA) is 72.5 Å². The molecule has 0 aromatic carbocycles. The summed E-state index contributed by atoms with van der Waals surface area (Å²) in [6.45, 7) is 18.4. The second kappa shape index (κ2) is 6.24. The molecule has 0 aromatic rings. The summed E-state index contributed by atoms with van der Waals surface area (Å²) >= 11 is 0. The van der Waals surface area contributed by atoms with Crippen LogP contribution in [0, 0.1) is 0 Å². The SMILES string of the molecule is CC1(C)O[C@@H]2C[C@@]3(CO[Si](C)(C)C(C)(C)C)OC(C)(C)O[C@H]3OC(=O)[C@@H]2O1. The molecular formula is C19H34O7Si. The predicted octanol–water partition coefficient (Wildman–Crippen LogP) is 3.32. The van der Waals surface area contributed by atoms with Crippen molar-refractivity contribution in [2.75, 3.05) is 6.61 Å². The van der Waals surface area contributed by atoms with E-state index in [0.29, 0.717) is 6.42 Å². The lowest BCUT2D eigenvalue weighted by molar-refractivity contribution is -0.209. The molecule has 0 N–H and O–H groups in total. The molecule has 3 saturated heterocycles. The Bertz CT molecular complexity index is 610. The largest absolute Gasteiger partial charge is 0.430 e. The predicted molar refractivity (Wildman–Crippen MR) is 100 cm³/mol. The molecular weight excluding hydrogens is 368 g/mol. The second-order valence-corrected chi connectivity index (χ2v) is 15.1. The minimum absolute atomic E-state index is 0.0486. The van der Waals surface area contributed by atoms with Gasteiger partial charge in [-0.15, -0.1) is 0 Å². The van der Waals surface area contributed by atoms with Gasteiger partial charge in [0.25, 0.3) is 0 Å². The van der Waals surface area contributed by atoms with E-state index in [-0.39, 0.29) is 11.6 Å². The zero-order valence-corrected chi connectivity index (χ0v) is 19.0. The van der Waals surface area contributed by atoms with Crippen LogP contribution in [0.5, 0.6) is 0 Å². The molecule has 8 heteroatoms. The minimum Gasteiger partial charge on any atom is -0.430 e. The molecule has 0 aromatic heterocycles. The van der Waals surface area contributed by atoms with Crippen molar-refractivity contribution in [1.29, 1.82) is 0 Å². The van der Waals surface area contributed by atoms with Crippen LogP contribution in [0.1, 0.15) is 54.9 Å². The summed E-state index contributed by atoms with van der Waals surface area (Å²) in [7, 11) is -2.04. The van der Waals surface area contributed by atoms with Gasteiger partial charge in [0, 0.05) is 6.42 Å². The lowest BCUT2D eigenvalue weighted by atomic mass is 9.95. The average molecular weight is 403 g/mol. The molecule has 7 nitrogen and oxygen atoms in total. The number of ether oxygens (including phenoxy) is 5. The van der Waals surface area contributed by atoms with Crippen molar-refractivity contribution in [2.24, 2.45) is 0 Å². The van der Waals surface area contributed by atoms with Gasteiger partial charge in [-0.2, -0.15) is 0 Å². The number of esters is 1. The lowest BCUT2D eigenvalue weighted by Crippen LogP contribution is -2.52. The molecule has 4 atom stereocenters. The maximum atomic E-state index is 12.6. The highest BCUT2D eigenvalue weighted by Crippen LogP contribution is 2.47. The van der Waals surface area contributed by atoms with Gasteiger partial charge in [0.15, 0.2) is 31.6 Å². The van der Waals surface area contributed by atoms with Crippen LogP contribution in [0.15, 0.2) is 0 Å². The first kappa shape index (κ1) is 21.2. The van der Waals surface area contributed by atoms with E-state index in [0.717, 1.165) is 0 Å². The van der Waals surface area contributed by atoms with E-state index >= 15 is 0 Å². The van der Waals surface area contributed by atoms with Crippen LogP contribution >= 0.6 is 0 Å². The molecule has 0 aliphatic carbocycles. The smallest absolute Gasteiger partial charge is 0.340 e. The quantitative estimate of drug-likeness (QED) is 0.529. The first-order valence-corrected chi connectivity index (χ1v) is 12.5. The molecule has 27 heavy (non-hydrogen) atoms. The second-order valence-electron chi connectivity index (χ2n) is 10.3. The van der Waals surface area contributed by atoms with Gasteiger partial charge in [-0.25, -0.2) is 4.79 Å². The maximum absolute atomic E-state index is 12.6. The molecule has 0 spiro atoms. The Balaban J connectivity index is 1.89. The van der Waals surface area contributed by atoms with Gasteiger partial charge in [0.1, 0.15) is 6.10 Å². The zero-order chi connectivity index (χ0) is 20.5. The van der Waals surface area contributed by atoms with Crippen molar-refractivity contribution in [1.82, 2.24) is 0 Å². The molecule has 156 valence electrons. The number of carbonyl (C=O) groups excluding carboxylic acids is 1. The van der Waals surface area contributed by atoms with Crippen molar-refractivity contribution in [3.8, 4) is 0 Å². The molecule has 3 aliphatic heterocycles. The molecule has 0 unspecified atom stereocenters. The summed E-state index contributed by atoms with van der Waals surface area (Å²) in [5.41, 5.74) is -0.933. The third-order valence-electron chi connectivity index (χ3n) is 5.94. The van der Waals surface area contributed by atoms with E-state index in [1.165, 1.54) is 0 Å². The fourth-order valence-electron chi connectivity index (χ4n) is 3.57. The first-order valence-electron chi connectivity index (χ1n) is 9.64. The Morgan fingerprint density at radius 3 is 2.30 bits per heavy atom. The third kappa shape index (κ3) is 3.97. The van der Waals surface area contributed by atoms with E-state index < -0.39 is 50.0 Å². The van der Waals surface area contributed by atoms with Crippen LogP contribution in [0.2, 0.25) is 18.1 Å². The molecule has 3 fully saturated rings. The van der Waals surface area contributed by atoms with Gasteiger partial charge in [0.2, 0.25) is 6.29 Å². The standard InChI is InChI=1S/C19H34O7Si/c1-16(2,3)27(8,9)21-11-19-10-12-13(24-17(4,5)23-12)14(20)22-15(19)25-18(6,7)26-19/h12-13,15H,10-11H2,1-9H3/t12-,13-,15-,19+/m1/s1. The van der Waals surface area contributed by atoms with Crippen LogP contribution in [0.25, 0.3) is 0 Å². The Hall–Kier alpha value is -0.513. The van der Waals surface area contributed by atoms with Crippen LogP contribution in [-0.4, -0.2) is 56.6 Å². The molecule has 0 saturated carbocycles. The van der Waals surface area contributed by atoms with Gasteiger partial charge < -0.3 is 28.1 Å². The highest BCUT2D eigenvalue weighted by Gasteiger charge is 2.63. The minimum atomic E-state index is -2.04. The van der Waals surface area contributed by atoms with E-state index in [2.05, 4.69) is 33.9 Å². The molecule has 0 bridgehead atoms. The van der Waals surface area contributed by atoms with Crippen molar-refractivity contribution in [3.05, 3.63) is 0 Å². The fourth-order valence-corrected chi connectivity index (χ4v) is 4.61. The van der Waals surface area contributed by atoms with Crippen molar-refractivity contribution < 1.29 is 32.9 Å². The number of fused-ring (bicyclic) bond motifs is 2. The number of carbonyl (C=O) groups is 1. The van der Waals surface area contributed by atoms with Gasteiger partial charge in [0.05, 0.1) is 6.61 Å². The Morgan fingerprint density at radius 2 is 1.70 bits per heavy atom. The molecule has 3 rings (SSSR count). The van der Waals surface area contributed by atoms with E-state index in [4.69, 9.17) is 28.1 Å². The fraction of sp³-hybridized carbons (Fsp3) is 0.947. The van der Waals surface area contributed by atoms with E-state index in [1.54, 1.807) is 13.8 Å². The average Bonchev–Trinajstić information content (AvgIpc) is 2.86. The monoisotopic (exact) mass is 402 g/mol. The van der Waals surface area contributed by atoms with Crippen LogP contribution in [0.3, 0.4) is 0 Å². The van der Waals surface area contributed by atoms with Gasteiger partial charge in [-0.05, 0) is 45.8 Å². The van der Waals surface area contributed by atoms with Crippen molar-refractivity contribution in [3.63, 3.8) is 0 Å². The Kier molecular flexibility index (Phi) is 4.90. The van der Waals surface area contributed by atoms with Gasteiger partial charge >= 0.3 is 5.97 Å². The molecule has 0 amide bonds. The number of rotatable bonds is 3. The number of hydrogen-bond donors (Lipinski definition) is 0. The summed E-state index contributed by atoms with van der Waals surface area (Å²) < 4.78 is 36.2. The molecule has 3 aliphatic rings. The molecule has 3 heterocycles. The summed E-state index contributed by atoms with van der Waals surface area (Å²) in [5, 5.41) is 0.0486. The maximum Gasteiger partial charge on any atom is 0.340 e. The normalized spacial score (nSPS) is 38.1.